The molecule has 15 heavy (non-hydrogen) atoms. The molecule has 1 heterocycles. The molecule has 0 aromatic carbocycles. The van der Waals surface area contributed by atoms with Gasteiger partial charge in [0.15, 0.2) is 17.3 Å². The fourth-order valence-corrected chi connectivity index (χ4v) is 0.971. The molecule has 1 aromatic rings. The van der Waals surface area contributed by atoms with Gasteiger partial charge in [-0.2, -0.15) is 0 Å². The first-order valence-electron chi connectivity index (χ1n) is 3.79. The monoisotopic (exact) mass is 220 g/mol. The van der Waals surface area contributed by atoms with Crippen molar-refractivity contribution in [1.29, 1.82) is 0 Å². The molecule has 0 saturated heterocycles. The van der Waals surface area contributed by atoms with Gasteiger partial charge in [0.1, 0.15) is 5.69 Å². The number of aromatic nitrogens is 1. The lowest BCUT2D eigenvalue weighted by Crippen LogP contribution is -2.16. The topological polar surface area (TPSA) is 65.2 Å². The highest BCUT2D eigenvalue weighted by Crippen LogP contribution is 2.25. The van der Waals surface area contributed by atoms with Crippen molar-refractivity contribution < 1.29 is 22.7 Å². The van der Waals surface area contributed by atoms with Gasteiger partial charge >= 0.3 is 0 Å². The van der Waals surface area contributed by atoms with E-state index in [-0.39, 0.29) is 5.75 Å². The molecule has 0 aliphatic rings. The van der Waals surface area contributed by atoms with Crippen LogP contribution in [0, 0.1) is 5.82 Å². The molecule has 82 valence electrons. The van der Waals surface area contributed by atoms with E-state index in [1.807, 2.05) is 0 Å². The molecule has 0 atom stereocenters. The summed E-state index contributed by atoms with van der Waals surface area (Å²) in [5.41, 5.74) is 3.22. The summed E-state index contributed by atoms with van der Waals surface area (Å²) in [4.78, 5) is 13.9. The largest absolute Gasteiger partial charge is 0.494 e. The second-order valence-electron chi connectivity index (χ2n) is 2.57. The van der Waals surface area contributed by atoms with Gasteiger partial charge in [0.05, 0.1) is 7.11 Å². The summed E-state index contributed by atoms with van der Waals surface area (Å²) in [5.74, 6) is -2.58. The maximum Gasteiger partial charge on any atom is 0.283 e. The van der Waals surface area contributed by atoms with Crippen molar-refractivity contribution in [2.75, 3.05) is 7.11 Å². The summed E-state index contributed by atoms with van der Waals surface area (Å²) >= 11 is 0. The summed E-state index contributed by atoms with van der Waals surface area (Å²) < 4.78 is 42.0. The molecule has 4 nitrogen and oxygen atoms in total. The standard InChI is InChI=1S/C8H7F3N2O2/c1-15-4-2-3(9)5(7(10)11)13-6(4)8(12)14/h2,7H,1H3,(H2,12,14). The number of pyridine rings is 1. The maximum absolute atomic E-state index is 13.0. The Hall–Kier alpha value is -1.79. The molecule has 1 amide bonds. The number of alkyl halides is 2. The van der Waals surface area contributed by atoms with Crippen molar-refractivity contribution in [3.63, 3.8) is 0 Å². The summed E-state index contributed by atoms with van der Waals surface area (Å²) in [7, 11) is 1.14. The lowest BCUT2D eigenvalue weighted by molar-refractivity contribution is 0.0989. The minimum Gasteiger partial charge on any atom is -0.494 e. The van der Waals surface area contributed by atoms with Crippen LogP contribution in [0.4, 0.5) is 13.2 Å². The van der Waals surface area contributed by atoms with Crippen molar-refractivity contribution >= 4 is 5.91 Å². The minimum absolute atomic E-state index is 0.274. The maximum atomic E-state index is 13.0. The first-order chi connectivity index (χ1) is 6.97. The molecule has 1 aromatic heterocycles. The van der Waals surface area contributed by atoms with Crippen molar-refractivity contribution in [3.05, 3.63) is 23.3 Å². The fraction of sp³-hybridized carbons (Fsp3) is 0.250. The van der Waals surface area contributed by atoms with Crippen molar-refractivity contribution in [3.8, 4) is 5.75 Å². The zero-order valence-corrected chi connectivity index (χ0v) is 7.63. The van der Waals surface area contributed by atoms with Gasteiger partial charge in [0.2, 0.25) is 0 Å². The van der Waals surface area contributed by atoms with Crippen molar-refractivity contribution in [2.45, 2.75) is 6.43 Å². The van der Waals surface area contributed by atoms with Gasteiger partial charge < -0.3 is 10.5 Å². The van der Waals surface area contributed by atoms with Crippen LogP contribution in [0.15, 0.2) is 6.07 Å². The Morgan fingerprint density at radius 2 is 2.20 bits per heavy atom. The molecule has 0 bridgehead atoms. The number of hydrogen-bond acceptors (Lipinski definition) is 3. The Morgan fingerprint density at radius 1 is 1.60 bits per heavy atom. The number of primary amides is 1. The average molecular weight is 220 g/mol. The average Bonchev–Trinajstić information content (AvgIpc) is 2.16. The van der Waals surface area contributed by atoms with Crippen LogP contribution in [-0.2, 0) is 0 Å². The van der Waals surface area contributed by atoms with Gasteiger partial charge in [-0.05, 0) is 0 Å². The Balaban J connectivity index is 3.37. The van der Waals surface area contributed by atoms with Crippen molar-refractivity contribution in [1.82, 2.24) is 4.98 Å². The van der Waals surface area contributed by atoms with Crippen LogP contribution in [0.25, 0.3) is 0 Å². The SMILES string of the molecule is COc1cc(F)c(C(F)F)nc1C(N)=O. The Bertz CT molecular complexity index is 396. The molecular weight excluding hydrogens is 213 g/mol. The third kappa shape index (κ3) is 2.17. The molecule has 1 rings (SSSR count). The summed E-state index contributed by atoms with van der Waals surface area (Å²) in [5, 5.41) is 0. The highest BCUT2D eigenvalue weighted by atomic mass is 19.3. The van der Waals surface area contributed by atoms with Crippen LogP contribution in [0.3, 0.4) is 0 Å². The molecule has 7 heteroatoms. The van der Waals surface area contributed by atoms with Gasteiger partial charge in [0.25, 0.3) is 12.3 Å². The van der Waals surface area contributed by atoms with E-state index < -0.39 is 29.5 Å². The van der Waals surface area contributed by atoms with Crippen LogP contribution in [0.5, 0.6) is 5.75 Å². The molecule has 0 unspecified atom stereocenters. The first-order valence-corrected chi connectivity index (χ1v) is 3.79. The zero-order valence-electron chi connectivity index (χ0n) is 7.63. The minimum atomic E-state index is -3.12. The van der Waals surface area contributed by atoms with E-state index in [9.17, 15) is 18.0 Å². The number of nitrogens with zero attached hydrogens (tertiary/aromatic N) is 1. The first kappa shape index (κ1) is 11.3. The van der Waals surface area contributed by atoms with E-state index in [1.54, 1.807) is 0 Å². The number of ether oxygens (including phenoxy) is 1. The summed E-state index contributed by atoms with van der Waals surface area (Å²) in [6, 6.07) is 0.647. The van der Waals surface area contributed by atoms with Gasteiger partial charge in [-0.25, -0.2) is 18.2 Å². The number of methoxy groups -OCH3 is 1. The van der Waals surface area contributed by atoms with Gasteiger partial charge in [-0.15, -0.1) is 0 Å². The van der Waals surface area contributed by atoms with E-state index in [2.05, 4.69) is 9.72 Å². The number of nitrogens with two attached hydrogens (primary N) is 1. The number of hydrogen-bond donors (Lipinski definition) is 1. The lowest BCUT2D eigenvalue weighted by atomic mass is 10.2. The van der Waals surface area contributed by atoms with E-state index in [1.165, 1.54) is 0 Å². The molecule has 0 aliphatic heterocycles. The lowest BCUT2D eigenvalue weighted by Gasteiger charge is -2.07. The van der Waals surface area contributed by atoms with E-state index in [0.29, 0.717) is 6.07 Å². The molecule has 2 N–H and O–H groups in total. The number of carbonyl (C=O) groups excluding carboxylic acids is 1. The number of halogens is 3. The number of carbonyl (C=O) groups is 1. The third-order valence-corrected chi connectivity index (χ3v) is 1.63. The van der Waals surface area contributed by atoms with Crippen LogP contribution >= 0.6 is 0 Å². The predicted molar refractivity (Wildman–Crippen MR) is 44.2 cm³/mol. The van der Waals surface area contributed by atoms with E-state index >= 15 is 0 Å². The zero-order chi connectivity index (χ0) is 11.6. The van der Waals surface area contributed by atoms with Crippen LogP contribution in [0.1, 0.15) is 22.6 Å². The molecule has 0 aliphatic carbocycles. The summed E-state index contributed by atoms with van der Waals surface area (Å²) in [6.07, 6.45) is -3.12. The van der Waals surface area contributed by atoms with Crippen molar-refractivity contribution in [2.24, 2.45) is 5.73 Å². The molecule has 0 radical (unpaired) electrons. The molecule has 0 saturated carbocycles. The summed E-state index contributed by atoms with van der Waals surface area (Å²) in [6.45, 7) is 0. The Kier molecular flexibility index (Phi) is 3.13. The van der Waals surface area contributed by atoms with Crippen LogP contribution < -0.4 is 10.5 Å². The Labute approximate surface area is 82.9 Å². The highest BCUT2D eigenvalue weighted by Gasteiger charge is 2.21. The van der Waals surface area contributed by atoms with Crippen LogP contribution in [-0.4, -0.2) is 18.0 Å². The predicted octanol–water partition coefficient (Wildman–Crippen LogP) is 1.27. The van der Waals surface area contributed by atoms with Gasteiger partial charge in [-0.1, -0.05) is 0 Å². The quantitative estimate of drug-likeness (QED) is 0.834. The second kappa shape index (κ2) is 4.16. The highest BCUT2D eigenvalue weighted by molar-refractivity contribution is 5.93. The molecular formula is C8H7F3N2O2. The Morgan fingerprint density at radius 3 is 2.60 bits per heavy atom. The molecule has 0 fully saturated rings. The van der Waals surface area contributed by atoms with Gasteiger partial charge in [0, 0.05) is 6.07 Å². The van der Waals surface area contributed by atoms with Gasteiger partial charge in [-0.3, -0.25) is 4.79 Å². The van der Waals surface area contributed by atoms with E-state index in [4.69, 9.17) is 5.73 Å². The van der Waals surface area contributed by atoms with E-state index in [0.717, 1.165) is 7.11 Å². The smallest absolute Gasteiger partial charge is 0.283 e. The third-order valence-electron chi connectivity index (χ3n) is 1.63. The second-order valence-corrected chi connectivity index (χ2v) is 2.57. The fourth-order valence-electron chi connectivity index (χ4n) is 0.971. The van der Waals surface area contributed by atoms with Crippen LogP contribution in [0.2, 0.25) is 0 Å². The normalized spacial score (nSPS) is 10.5. The molecule has 0 spiro atoms. The number of rotatable bonds is 3. The number of amides is 1.